The molecule has 2 aliphatic rings. The molecule has 1 aromatic rings. The summed E-state index contributed by atoms with van der Waals surface area (Å²) in [7, 11) is -2.28. The van der Waals surface area contributed by atoms with E-state index < -0.39 is 10.0 Å². The minimum atomic E-state index is -3.63. The quantitative estimate of drug-likeness (QED) is 0.762. The van der Waals surface area contributed by atoms with Crippen LogP contribution >= 0.6 is 0 Å². The Balaban J connectivity index is 1.71. The third kappa shape index (κ3) is 5.17. The number of aryl methyl sites for hydroxylation is 1. The van der Waals surface area contributed by atoms with Crippen molar-refractivity contribution in [1.29, 1.82) is 0 Å². The molecule has 0 bridgehead atoms. The van der Waals surface area contributed by atoms with Gasteiger partial charge < -0.3 is 10.2 Å². The maximum atomic E-state index is 13.1. The predicted molar refractivity (Wildman–Crippen MR) is 111 cm³/mol. The number of carbonyl (C=O) groups is 2. The highest BCUT2D eigenvalue weighted by atomic mass is 32.2. The van der Waals surface area contributed by atoms with E-state index in [0.717, 1.165) is 44.1 Å². The van der Waals surface area contributed by atoms with Gasteiger partial charge in [0.25, 0.3) is 5.91 Å². The Bertz CT molecular complexity index is 863. The van der Waals surface area contributed by atoms with E-state index in [1.807, 2.05) is 0 Å². The molecule has 7 nitrogen and oxygen atoms in total. The van der Waals surface area contributed by atoms with Gasteiger partial charge in [0.2, 0.25) is 15.9 Å². The molecule has 2 amide bonds. The van der Waals surface area contributed by atoms with Gasteiger partial charge in [0.15, 0.2) is 0 Å². The summed E-state index contributed by atoms with van der Waals surface area (Å²) < 4.78 is 26.5. The first-order valence-electron chi connectivity index (χ1n) is 10.5. The van der Waals surface area contributed by atoms with Crippen LogP contribution in [0.25, 0.3) is 0 Å². The smallest absolute Gasteiger partial charge is 0.254 e. The molecule has 3 rings (SSSR count). The standard InChI is InChI=1S/C21H31N3O4S/c1-15-10-11-18(29(27,28)22-2)13-19(15)21(26)24-12-6-7-16(14-24)20(25)23-17-8-4-3-5-9-17/h10-11,13,16-17,22H,3-9,12,14H2,1-2H3,(H,23,25). The number of nitrogens with zero attached hydrogens (tertiary/aromatic N) is 1. The van der Waals surface area contributed by atoms with Gasteiger partial charge in [0, 0.05) is 24.7 Å². The zero-order chi connectivity index (χ0) is 21.0. The fourth-order valence-corrected chi connectivity index (χ4v) is 4.98. The minimum Gasteiger partial charge on any atom is -0.353 e. The van der Waals surface area contributed by atoms with E-state index in [1.54, 1.807) is 17.9 Å². The molecule has 1 saturated carbocycles. The van der Waals surface area contributed by atoms with Crippen molar-refractivity contribution in [2.45, 2.75) is 62.8 Å². The summed E-state index contributed by atoms with van der Waals surface area (Å²) >= 11 is 0. The molecule has 1 aliphatic heterocycles. The average Bonchev–Trinajstić information content (AvgIpc) is 2.74. The maximum Gasteiger partial charge on any atom is 0.254 e. The van der Waals surface area contributed by atoms with E-state index in [2.05, 4.69) is 10.0 Å². The number of amides is 2. The van der Waals surface area contributed by atoms with Crippen LogP contribution in [0.1, 0.15) is 60.9 Å². The number of carbonyl (C=O) groups excluding carboxylic acids is 2. The van der Waals surface area contributed by atoms with Crippen molar-refractivity contribution in [3.8, 4) is 0 Å². The highest BCUT2D eigenvalue weighted by Gasteiger charge is 2.31. The number of likely N-dealkylation sites (tertiary alicyclic amines) is 1. The van der Waals surface area contributed by atoms with Gasteiger partial charge in [-0.2, -0.15) is 0 Å². The van der Waals surface area contributed by atoms with Crippen molar-refractivity contribution in [3.63, 3.8) is 0 Å². The van der Waals surface area contributed by atoms with Gasteiger partial charge in [-0.15, -0.1) is 0 Å². The highest BCUT2D eigenvalue weighted by Crippen LogP contribution is 2.23. The summed E-state index contributed by atoms with van der Waals surface area (Å²) in [6.07, 6.45) is 7.16. The van der Waals surface area contributed by atoms with Crippen LogP contribution in [0.4, 0.5) is 0 Å². The molecule has 1 unspecified atom stereocenters. The van der Waals surface area contributed by atoms with Gasteiger partial charge in [-0.25, -0.2) is 13.1 Å². The van der Waals surface area contributed by atoms with Crippen LogP contribution in [-0.4, -0.2) is 51.3 Å². The number of hydrogen-bond donors (Lipinski definition) is 2. The van der Waals surface area contributed by atoms with E-state index in [-0.39, 0.29) is 28.7 Å². The Kier molecular flexibility index (Phi) is 6.95. The Morgan fingerprint density at radius 3 is 2.48 bits per heavy atom. The summed E-state index contributed by atoms with van der Waals surface area (Å²) in [5.41, 5.74) is 1.09. The molecule has 2 N–H and O–H groups in total. The first-order chi connectivity index (χ1) is 13.8. The molecule has 29 heavy (non-hydrogen) atoms. The number of sulfonamides is 1. The molecule has 1 saturated heterocycles. The van der Waals surface area contributed by atoms with E-state index >= 15 is 0 Å². The average molecular weight is 422 g/mol. The van der Waals surface area contributed by atoms with Crippen LogP contribution in [0.5, 0.6) is 0 Å². The number of rotatable bonds is 5. The molecule has 1 heterocycles. The lowest BCUT2D eigenvalue weighted by atomic mass is 9.92. The summed E-state index contributed by atoms with van der Waals surface area (Å²) in [6.45, 7) is 2.74. The predicted octanol–water partition coefficient (Wildman–Crippen LogP) is 2.20. The lowest BCUT2D eigenvalue weighted by Crippen LogP contribution is -2.48. The fraction of sp³-hybridized carbons (Fsp3) is 0.619. The van der Waals surface area contributed by atoms with E-state index in [4.69, 9.17) is 0 Å². The third-order valence-electron chi connectivity index (χ3n) is 6.05. The zero-order valence-electron chi connectivity index (χ0n) is 17.2. The first kappa shape index (κ1) is 21.8. The molecule has 1 atom stereocenters. The number of piperidine rings is 1. The summed E-state index contributed by atoms with van der Waals surface area (Å²) in [5.74, 6) is -0.386. The normalized spacial score (nSPS) is 21.0. The van der Waals surface area contributed by atoms with Gasteiger partial charge in [0.05, 0.1) is 10.8 Å². The molecule has 1 aliphatic carbocycles. The fourth-order valence-electron chi connectivity index (χ4n) is 4.23. The van der Waals surface area contributed by atoms with E-state index in [0.29, 0.717) is 18.7 Å². The second kappa shape index (κ2) is 9.26. The molecular weight excluding hydrogens is 390 g/mol. The highest BCUT2D eigenvalue weighted by molar-refractivity contribution is 7.89. The topological polar surface area (TPSA) is 95.6 Å². The maximum absolute atomic E-state index is 13.1. The number of nitrogens with one attached hydrogen (secondary N) is 2. The third-order valence-corrected chi connectivity index (χ3v) is 7.46. The van der Waals surface area contributed by atoms with Gasteiger partial charge in [-0.05, 0) is 57.4 Å². The lowest BCUT2D eigenvalue weighted by Gasteiger charge is -2.34. The van der Waals surface area contributed by atoms with Gasteiger partial charge in [-0.1, -0.05) is 25.3 Å². The molecule has 0 spiro atoms. The Morgan fingerprint density at radius 1 is 1.07 bits per heavy atom. The Hall–Kier alpha value is -1.93. The van der Waals surface area contributed by atoms with Crippen LogP contribution in [0.3, 0.4) is 0 Å². The van der Waals surface area contributed by atoms with Crippen molar-refractivity contribution < 1.29 is 18.0 Å². The zero-order valence-corrected chi connectivity index (χ0v) is 18.1. The summed E-state index contributed by atoms with van der Waals surface area (Å²) in [5, 5.41) is 3.17. The lowest BCUT2D eigenvalue weighted by molar-refractivity contribution is -0.127. The SMILES string of the molecule is CNS(=O)(=O)c1ccc(C)c(C(=O)N2CCCC(C(=O)NC3CCCCC3)C2)c1. The molecule has 2 fully saturated rings. The monoisotopic (exact) mass is 421 g/mol. The van der Waals surface area contributed by atoms with Gasteiger partial charge >= 0.3 is 0 Å². The van der Waals surface area contributed by atoms with Crippen molar-refractivity contribution in [1.82, 2.24) is 14.9 Å². The van der Waals surface area contributed by atoms with Crippen LogP contribution in [0.2, 0.25) is 0 Å². The second-order valence-corrected chi connectivity index (χ2v) is 10.0. The second-order valence-electron chi connectivity index (χ2n) is 8.12. The van der Waals surface area contributed by atoms with E-state index in [1.165, 1.54) is 25.6 Å². The molecule has 160 valence electrons. The molecular formula is C21H31N3O4S. The van der Waals surface area contributed by atoms with Crippen LogP contribution in [0, 0.1) is 12.8 Å². The first-order valence-corrected chi connectivity index (χ1v) is 11.9. The van der Waals surface area contributed by atoms with Crippen molar-refractivity contribution in [3.05, 3.63) is 29.3 Å². The van der Waals surface area contributed by atoms with Crippen molar-refractivity contribution in [2.24, 2.45) is 5.92 Å². The number of hydrogen-bond acceptors (Lipinski definition) is 4. The largest absolute Gasteiger partial charge is 0.353 e. The Morgan fingerprint density at radius 2 is 1.79 bits per heavy atom. The van der Waals surface area contributed by atoms with E-state index in [9.17, 15) is 18.0 Å². The van der Waals surface area contributed by atoms with Crippen LogP contribution in [0.15, 0.2) is 23.1 Å². The minimum absolute atomic E-state index is 0.0395. The van der Waals surface area contributed by atoms with Crippen LogP contribution in [-0.2, 0) is 14.8 Å². The summed E-state index contributed by atoms with van der Waals surface area (Å²) in [6, 6.07) is 4.83. The molecule has 8 heteroatoms. The van der Waals surface area contributed by atoms with Crippen molar-refractivity contribution >= 4 is 21.8 Å². The number of benzene rings is 1. The molecule has 1 aromatic carbocycles. The molecule has 0 aromatic heterocycles. The van der Waals surface area contributed by atoms with Crippen LogP contribution < -0.4 is 10.0 Å². The van der Waals surface area contributed by atoms with Gasteiger partial charge in [0.1, 0.15) is 0 Å². The Labute approximate surface area is 173 Å². The van der Waals surface area contributed by atoms with Crippen molar-refractivity contribution in [2.75, 3.05) is 20.1 Å². The van der Waals surface area contributed by atoms with Gasteiger partial charge in [-0.3, -0.25) is 9.59 Å². The summed E-state index contributed by atoms with van der Waals surface area (Å²) in [4.78, 5) is 27.6. The molecule has 0 radical (unpaired) electrons.